The molecule has 2 aromatic rings. The van der Waals surface area contributed by atoms with E-state index >= 15 is 0 Å². The van der Waals surface area contributed by atoms with Crippen LogP contribution >= 0.6 is 0 Å². The molecule has 0 radical (unpaired) electrons. The predicted molar refractivity (Wildman–Crippen MR) is 348 cm³/mol. The van der Waals surface area contributed by atoms with Crippen LogP contribution in [0.1, 0.15) is 191 Å². The number of ether oxygens (including phenoxy) is 2. The highest BCUT2D eigenvalue weighted by atomic mass is 16.5. The third kappa shape index (κ3) is 87.9. The average Bonchev–Trinajstić information content (AvgIpc) is 3.41. The molecule has 0 atom stereocenters. The maximum Gasteiger partial charge on any atom is 0.0518 e. The van der Waals surface area contributed by atoms with E-state index in [0.29, 0.717) is 24.0 Å². The number of unbranched alkanes of at least 4 members (excludes halogenated alkanes) is 2. The van der Waals surface area contributed by atoms with Gasteiger partial charge in [0.15, 0.2) is 0 Å². The first-order valence-corrected chi connectivity index (χ1v) is 30.5. The Hall–Kier alpha value is -2.12. The number of benzene rings is 2. The number of rotatable bonds is 33. The van der Waals surface area contributed by atoms with Crippen molar-refractivity contribution in [1.82, 2.24) is 14.7 Å². The third-order valence-electron chi connectivity index (χ3n) is 11.0. The Balaban J connectivity index is -0.000000148. The van der Waals surface area contributed by atoms with Crippen molar-refractivity contribution < 1.29 is 9.47 Å². The summed E-state index contributed by atoms with van der Waals surface area (Å²) in [6, 6.07) is 21.1. The average molecular weight is 1100 g/mol. The first-order chi connectivity index (χ1) is 36.8. The molecule has 0 aliphatic carbocycles. The summed E-state index contributed by atoms with van der Waals surface area (Å²) in [6.07, 6.45) is 15.3. The minimum Gasteiger partial charge on any atom is -0.382 e. The van der Waals surface area contributed by atoms with Crippen molar-refractivity contribution in [1.29, 1.82) is 0 Å². The van der Waals surface area contributed by atoms with Crippen molar-refractivity contribution in [3.8, 4) is 0 Å². The van der Waals surface area contributed by atoms with Crippen LogP contribution in [0, 0.1) is 11.3 Å². The quantitative estimate of drug-likeness (QED) is 0.0301. The molecule has 0 aliphatic heterocycles. The fourth-order valence-corrected chi connectivity index (χ4v) is 6.24. The van der Waals surface area contributed by atoms with Gasteiger partial charge in [-0.25, -0.2) is 0 Å². The summed E-state index contributed by atoms with van der Waals surface area (Å²) in [7, 11) is 4.10. The van der Waals surface area contributed by atoms with Gasteiger partial charge in [0.1, 0.15) is 0 Å². The summed E-state index contributed by atoms with van der Waals surface area (Å²) in [5.41, 5.74) is 50.9. The SMILES string of the molecule is CC(C)(C)CCN.CC(C)CCN.CC(C)OCCCN.CCCCN(CCCC)CCCN.CCCN.CCN(CC)CCCN.CCOCCCN.CN(C)CCCN.NCCC(c1ccccc1)c1ccccc1. The van der Waals surface area contributed by atoms with E-state index in [-0.39, 0.29) is 0 Å². The molecule has 0 bridgehead atoms. The number of hydrogen-bond donors (Lipinski definition) is 9. The van der Waals surface area contributed by atoms with Crippen LogP contribution in [-0.2, 0) is 9.47 Å². The summed E-state index contributed by atoms with van der Waals surface area (Å²) < 4.78 is 10.2. The van der Waals surface area contributed by atoms with Crippen LogP contribution < -0.4 is 51.6 Å². The molecular weight excluding hydrogens is 957 g/mol. The zero-order valence-electron chi connectivity index (χ0n) is 54.0. The molecule has 77 heavy (non-hydrogen) atoms. The lowest BCUT2D eigenvalue weighted by Gasteiger charge is -2.21. The van der Waals surface area contributed by atoms with Gasteiger partial charge in [0.05, 0.1) is 6.10 Å². The smallest absolute Gasteiger partial charge is 0.0518 e. The van der Waals surface area contributed by atoms with Crippen molar-refractivity contribution in [2.45, 2.75) is 186 Å². The van der Waals surface area contributed by atoms with Gasteiger partial charge < -0.3 is 75.8 Å². The van der Waals surface area contributed by atoms with Gasteiger partial charge in [0.2, 0.25) is 0 Å². The second-order valence-corrected chi connectivity index (χ2v) is 21.0. The highest BCUT2D eigenvalue weighted by Crippen LogP contribution is 2.27. The lowest BCUT2D eigenvalue weighted by molar-refractivity contribution is 0.0782. The molecule has 18 N–H and O–H groups in total. The van der Waals surface area contributed by atoms with E-state index < -0.39 is 0 Å². The second kappa shape index (κ2) is 75.9. The summed E-state index contributed by atoms with van der Waals surface area (Å²) in [6.45, 7) is 45.7. The molecule has 464 valence electrons. The van der Waals surface area contributed by atoms with E-state index in [9.17, 15) is 0 Å². The van der Waals surface area contributed by atoms with Gasteiger partial charge in [0, 0.05) is 25.7 Å². The number of nitrogens with two attached hydrogens (primary N) is 9. The molecule has 0 aliphatic rings. The lowest BCUT2D eigenvalue weighted by Crippen LogP contribution is -2.28. The molecular formula is C63H140N12O2. The van der Waals surface area contributed by atoms with Gasteiger partial charge in [-0.05, 0) is 233 Å². The molecule has 0 unspecified atom stereocenters. The monoisotopic (exact) mass is 1100 g/mol. The van der Waals surface area contributed by atoms with Crippen molar-refractivity contribution in [2.24, 2.45) is 62.9 Å². The van der Waals surface area contributed by atoms with E-state index in [2.05, 4.69) is 147 Å². The summed E-state index contributed by atoms with van der Waals surface area (Å²) in [5, 5.41) is 0. The van der Waals surface area contributed by atoms with Crippen molar-refractivity contribution in [3.63, 3.8) is 0 Å². The van der Waals surface area contributed by atoms with Gasteiger partial charge in [0.25, 0.3) is 0 Å². The predicted octanol–water partition coefficient (Wildman–Crippen LogP) is 9.84. The van der Waals surface area contributed by atoms with E-state index in [4.69, 9.17) is 61.1 Å². The first kappa shape index (κ1) is 88.7. The van der Waals surface area contributed by atoms with Crippen molar-refractivity contribution in [2.75, 3.05) is 139 Å². The van der Waals surface area contributed by atoms with Crippen LogP contribution in [0.3, 0.4) is 0 Å². The molecule has 0 heterocycles. The van der Waals surface area contributed by atoms with E-state index in [1.807, 2.05) is 32.9 Å². The Morgan fingerprint density at radius 3 is 1.09 bits per heavy atom. The van der Waals surface area contributed by atoms with E-state index in [1.54, 1.807) is 0 Å². The molecule has 0 spiro atoms. The minimum absolute atomic E-state index is 0.349. The molecule has 0 saturated carbocycles. The van der Waals surface area contributed by atoms with Gasteiger partial charge >= 0.3 is 0 Å². The Bertz CT molecular complexity index is 1180. The van der Waals surface area contributed by atoms with Crippen LogP contribution in [0.4, 0.5) is 0 Å². The maximum absolute atomic E-state index is 5.70. The zero-order valence-corrected chi connectivity index (χ0v) is 54.0. The Kier molecular flexibility index (Phi) is 87.5. The molecule has 0 saturated heterocycles. The highest BCUT2D eigenvalue weighted by molar-refractivity contribution is 5.32. The van der Waals surface area contributed by atoms with Crippen molar-refractivity contribution in [3.05, 3.63) is 71.8 Å². The normalized spacial score (nSPS) is 10.5. The summed E-state index contributed by atoms with van der Waals surface area (Å²) in [4.78, 5) is 7.07. The van der Waals surface area contributed by atoms with E-state index in [0.717, 1.165) is 162 Å². The van der Waals surface area contributed by atoms with Gasteiger partial charge in [-0.3, -0.25) is 0 Å². The molecule has 0 aromatic heterocycles. The van der Waals surface area contributed by atoms with Crippen LogP contribution in [0.5, 0.6) is 0 Å². The van der Waals surface area contributed by atoms with E-state index in [1.165, 1.54) is 56.4 Å². The van der Waals surface area contributed by atoms with Gasteiger partial charge in [-0.1, -0.05) is 143 Å². The summed E-state index contributed by atoms with van der Waals surface area (Å²) in [5.74, 6) is 1.20. The Morgan fingerprint density at radius 1 is 0.442 bits per heavy atom. The number of hydrogen-bond acceptors (Lipinski definition) is 14. The topological polar surface area (TPSA) is 262 Å². The molecule has 2 aromatic carbocycles. The Labute approximate surface area is 481 Å². The largest absolute Gasteiger partial charge is 0.382 e. The van der Waals surface area contributed by atoms with Crippen LogP contribution in [-0.4, -0.2) is 159 Å². The molecule has 0 fully saturated rings. The maximum atomic E-state index is 5.70. The standard InChI is InChI=1S/C15H17N.C11H26N2.C7H18N2.C6H15NO.C6H15N.C5H14N2.C5H13NO.C5H13N.C3H9N/c16-12-11-15(13-7-3-1-4-8-13)14-9-5-2-6-10-14;1-3-5-9-13(10-6-4-2)11-7-8-12;1-3-9(4-2)7-5-6-8;1-6(2)8-5-3-4-7;1-6(2,3)4-5-7;1-7(2)5-3-4-6;1-2-7-5-3-4-6;1-5(2)3-4-6;1-2-3-4/h1-10,15H,11-12,16H2;3-12H2,1-2H3;3-8H2,1-2H3;6H,3-5,7H2,1-2H3;4-5,7H2,1-3H3;3-6H2,1-2H3;2-6H2,1H3;5H,3-4,6H2,1-2H3;2-4H2,1H3. The third-order valence-corrected chi connectivity index (χ3v) is 11.0. The van der Waals surface area contributed by atoms with Crippen LogP contribution in [0.2, 0.25) is 0 Å². The van der Waals surface area contributed by atoms with Crippen LogP contribution in [0.15, 0.2) is 60.7 Å². The lowest BCUT2D eigenvalue weighted by atomic mass is 9.89. The second-order valence-electron chi connectivity index (χ2n) is 21.0. The minimum atomic E-state index is 0.349. The van der Waals surface area contributed by atoms with Crippen LogP contribution in [0.25, 0.3) is 0 Å². The van der Waals surface area contributed by atoms with Crippen molar-refractivity contribution >= 4 is 0 Å². The molecule has 14 heteroatoms. The molecule has 2 rings (SSSR count). The van der Waals surface area contributed by atoms with Gasteiger partial charge in [-0.15, -0.1) is 0 Å². The highest BCUT2D eigenvalue weighted by Gasteiger charge is 2.12. The Morgan fingerprint density at radius 2 is 0.831 bits per heavy atom. The molecule has 0 amide bonds. The summed E-state index contributed by atoms with van der Waals surface area (Å²) >= 11 is 0. The molecule has 14 nitrogen and oxygen atoms in total. The zero-order chi connectivity index (χ0) is 60.2. The fourth-order valence-electron chi connectivity index (χ4n) is 6.24. The fraction of sp³-hybridized carbons (Fsp3) is 0.810. The first-order valence-electron chi connectivity index (χ1n) is 30.5. The number of nitrogens with zero attached hydrogens (tertiary/aromatic N) is 3. The van der Waals surface area contributed by atoms with Gasteiger partial charge in [-0.2, -0.15) is 0 Å².